The van der Waals surface area contributed by atoms with Crippen LogP contribution in [0.2, 0.25) is 0 Å². The summed E-state index contributed by atoms with van der Waals surface area (Å²) in [6, 6.07) is 10.3. The van der Waals surface area contributed by atoms with Crippen molar-refractivity contribution in [2.24, 2.45) is 0 Å². The predicted molar refractivity (Wildman–Crippen MR) is 106 cm³/mol. The highest BCUT2D eigenvalue weighted by molar-refractivity contribution is 7.99. The average Bonchev–Trinajstić information content (AvgIpc) is 2.98. The molecule has 0 spiro atoms. The van der Waals surface area contributed by atoms with Crippen LogP contribution < -0.4 is 0 Å². The Morgan fingerprint density at radius 1 is 1.29 bits per heavy atom. The maximum absolute atomic E-state index is 13.7. The van der Waals surface area contributed by atoms with E-state index in [0.717, 1.165) is 21.2 Å². The summed E-state index contributed by atoms with van der Waals surface area (Å²) in [4.78, 5) is 20.8. The van der Waals surface area contributed by atoms with Crippen LogP contribution in [0.3, 0.4) is 0 Å². The van der Waals surface area contributed by atoms with Crippen molar-refractivity contribution in [1.82, 2.24) is 14.5 Å². The van der Waals surface area contributed by atoms with E-state index in [4.69, 9.17) is 10.1 Å². The van der Waals surface area contributed by atoms with Gasteiger partial charge in [-0.3, -0.25) is 9.78 Å². The first-order valence-electron chi connectivity index (χ1n) is 9.07. The Balaban J connectivity index is 2.06. The van der Waals surface area contributed by atoms with Crippen LogP contribution in [0.1, 0.15) is 43.3 Å². The van der Waals surface area contributed by atoms with Crippen LogP contribution in [0.25, 0.3) is 0 Å². The molecule has 7 heteroatoms. The zero-order valence-electron chi connectivity index (χ0n) is 15.8. The second-order valence-electron chi connectivity index (χ2n) is 6.77. The largest absolute Gasteiger partial charge is 0.481 e. The van der Waals surface area contributed by atoms with Crippen molar-refractivity contribution < 1.29 is 14.3 Å². The van der Waals surface area contributed by atoms with Crippen molar-refractivity contribution in [2.45, 2.75) is 49.1 Å². The van der Waals surface area contributed by atoms with E-state index < -0.39 is 5.97 Å². The number of aliphatic carboxylic acids is 1. The Hall–Kier alpha value is -2.67. The van der Waals surface area contributed by atoms with Gasteiger partial charge in [-0.15, -0.1) is 0 Å². The molecule has 0 atom stereocenters. The predicted octanol–water partition coefficient (Wildman–Crippen LogP) is 4.76. The molecule has 0 amide bonds. The zero-order valence-corrected chi connectivity index (χ0v) is 16.6. The van der Waals surface area contributed by atoms with Gasteiger partial charge in [0.05, 0.1) is 18.7 Å². The molecular weight excluding hydrogens is 377 g/mol. The molecule has 1 N–H and O–H groups in total. The Bertz CT molecular complexity index is 958. The molecule has 0 aliphatic rings. The van der Waals surface area contributed by atoms with Crippen LogP contribution in [0.15, 0.2) is 58.7 Å². The number of aryl methyl sites for hydroxylation is 1. The fraction of sp³-hybridized carbons (Fsp3) is 0.286. The maximum atomic E-state index is 13.7. The van der Waals surface area contributed by atoms with E-state index in [1.165, 1.54) is 23.9 Å². The summed E-state index contributed by atoms with van der Waals surface area (Å²) in [5, 5.41) is 10.0. The van der Waals surface area contributed by atoms with Crippen molar-refractivity contribution >= 4 is 17.7 Å². The summed E-state index contributed by atoms with van der Waals surface area (Å²) in [5.74, 6) is -0.287. The van der Waals surface area contributed by atoms with Gasteiger partial charge in [0.1, 0.15) is 16.7 Å². The van der Waals surface area contributed by atoms with Gasteiger partial charge >= 0.3 is 5.97 Å². The molecule has 0 unspecified atom stereocenters. The number of halogens is 1. The number of pyridine rings is 1. The third-order valence-electron chi connectivity index (χ3n) is 4.21. The summed E-state index contributed by atoms with van der Waals surface area (Å²) >= 11 is 1.45. The van der Waals surface area contributed by atoms with Gasteiger partial charge in [-0.25, -0.2) is 9.37 Å². The summed E-state index contributed by atoms with van der Waals surface area (Å²) in [7, 11) is 0. The molecule has 28 heavy (non-hydrogen) atoms. The van der Waals surface area contributed by atoms with E-state index in [9.17, 15) is 9.18 Å². The molecular formula is C21H22FN3O2S. The van der Waals surface area contributed by atoms with Crippen molar-refractivity contribution in [3.63, 3.8) is 0 Å². The number of imidazole rings is 1. The molecule has 0 saturated heterocycles. The van der Waals surface area contributed by atoms with Gasteiger partial charge in [0.2, 0.25) is 0 Å². The fourth-order valence-electron chi connectivity index (χ4n) is 2.88. The average molecular weight is 399 g/mol. The van der Waals surface area contributed by atoms with Crippen LogP contribution >= 0.6 is 11.8 Å². The summed E-state index contributed by atoms with van der Waals surface area (Å²) in [5.41, 5.74) is 1.88. The lowest BCUT2D eigenvalue weighted by Crippen LogP contribution is -2.09. The van der Waals surface area contributed by atoms with E-state index in [1.807, 2.05) is 36.6 Å². The lowest BCUT2D eigenvalue weighted by Gasteiger charge is -2.13. The molecule has 3 aromatic rings. The number of carboxylic acids is 1. The zero-order chi connectivity index (χ0) is 20.1. The standard InChI is InChI=1S/C21H22FN3O2S/c1-14(2)20-21(28-17-7-3-6-16(22)11-17)25(13-15-5-4-10-23-12-15)18(24-20)8-9-19(26)27/h3-7,10-12,14H,8-9,13H2,1-2H3,(H,26,27). The molecule has 0 aliphatic carbocycles. The van der Waals surface area contributed by atoms with Gasteiger partial charge in [-0.05, 0) is 35.7 Å². The van der Waals surface area contributed by atoms with Crippen LogP contribution in [-0.2, 0) is 17.8 Å². The van der Waals surface area contributed by atoms with E-state index in [1.54, 1.807) is 18.5 Å². The number of rotatable bonds is 8. The normalized spacial score (nSPS) is 11.1. The molecule has 2 aromatic heterocycles. The number of hydrogen-bond acceptors (Lipinski definition) is 4. The third kappa shape index (κ3) is 4.98. The van der Waals surface area contributed by atoms with Crippen LogP contribution in [-0.4, -0.2) is 25.6 Å². The first kappa shape index (κ1) is 20.1. The lowest BCUT2D eigenvalue weighted by atomic mass is 10.1. The fourth-order valence-corrected chi connectivity index (χ4v) is 4.08. The minimum Gasteiger partial charge on any atom is -0.481 e. The minimum atomic E-state index is -0.860. The summed E-state index contributed by atoms with van der Waals surface area (Å²) < 4.78 is 15.7. The monoisotopic (exact) mass is 399 g/mol. The van der Waals surface area contributed by atoms with Crippen LogP contribution in [0, 0.1) is 5.82 Å². The summed E-state index contributed by atoms with van der Waals surface area (Å²) in [6.45, 7) is 4.63. The Morgan fingerprint density at radius 3 is 2.75 bits per heavy atom. The van der Waals surface area contributed by atoms with E-state index in [2.05, 4.69) is 4.98 Å². The highest BCUT2D eigenvalue weighted by Crippen LogP contribution is 2.35. The molecule has 3 rings (SSSR count). The van der Waals surface area contributed by atoms with Gasteiger partial charge < -0.3 is 9.67 Å². The molecule has 0 bridgehead atoms. The Morgan fingerprint density at radius 2 is 2.11 bits per heavy atom. The second-order valence-corrected chi connectivity index (χ2v) is 7.84. The molecule has 0 aliphatic heterocycles. The third-order valence-corrected chi connectivity index (χ3v) is 5.32. The smallest absolute Gasteiger partial charge is 0.303 e. The molecule has 0 fully saturated rings. The highest BCUT2D eigenvalue weighted by Gasteiger charge is 2.21. The van der Waals surface area contributed by atoms with Gasteiger partial charge in [-0.1, -0.05) is 37.7 Å². The molecule has 0 saturated carbocycles. The van der Waals surface area contributed by atoms with Crippen LogP contribution in [0.4, 0.5) is 4.39 Å². The van der Waals surface area contributed by atoms with Crippen molar-refractivity contribution in [2.75, 3.05) is 0 Å². The number of carboxylic acid groups (broad SMARTS) is 1. The minimum absolute atomic E-state index is 0.00562. The van der Waals surface area contributed by atoms with E-state index in [-0.39, 0.29) is 18.2 Å². The van der Waals surface area contributed by atoms with Crippen molar-refractivity contribution in [3.8, 4) is 0 Å². The molecule has 2 heterocycles. The van der Waals surface area contributed by atoms with Crippen molar-refractivity contribution in [3.05, 3.63) is 71.7 Å². The van der Waals surface area contributed by atoms with Gasteiger partial charge in [0, 0.05) is 23.7 Å². The Kier molecular flexibility index (Phi) is 6.46. The number of nitrogens with zero attached hydrogens (tertiary/aromatic N) is 3. The molecule has 5 nitrogen and oxygen atoms in total. The quantitative estimate of drug-likeness (QED) is 0.592. The first-order chi connectivity index (χ1) is 13.4. The van der Waals surface area contributed by atoms with Crippen LogP contribution in [0.5, 0.6) is 0 Å². The molecule has 146 valence electrons. The van der Waals surface area contributed by atoms with Gasteiger partial charge in [0.15, 0.2) is 0 Å². The van der Waals surface area contributed by atoms with Gasteiger partial charge in [0.25, 0.3) is 0 Å². The van der Waals surface area contributed by atoms with Gasteiger partial charge in [-0.2, -0.15) is 0 Å². The highest BCUT2D eigenvalue weighted by atomic mass is 32.2. The SMILES string of the molecule is CC(C)c1nc(CCC(=O)O)n(Cc2cccnc2)c1Sc1cccc(F)c1. The summed E-state index contributed by atoms with van der Waals surface area (Å²) in [6.07, 6.45) is 3.84. The maximum Gasteiger partial charge on any atom is 0.303 e. The Labute approximate surface area is 167 Å². The molecule has 1 aromatic carbocycles. The number of hydrogen-bond donors (Lipinski definition) is 1. The van der Waals surface area contributed by atoms with E-state index >= 15 is 0 Å². The molecule has 0 radical (unpaired) electrons. The number of aromatic nitrogens is 3. The first-order valence-corrected chi connectivity index (χ1v) is 9.89. The second kappa shape index (κ2) is 9.01. The van der Waals surface area contributed by atoms with E-state index in [0.29, 0.717) is 18.8 Å². The number of benzene rings is 1. The number of carbonyl (C=O) groups is 1. The van der Waals surface area contributed by atoms with Crippen molar-refractivity contribution in [1.29, 1.82) is 0 Å². The topological polar surface area (TPSA) is 68.0 Å². The lowest BCUT2D eigenvalue weighted by molar-refractivity contribution is -0.137.